The molecule has 3 aromatic rings. The number of urea groups is 1. The SMILES string of the molecule is C=CCN(Cc1cccs1)CN1C(=O)NC(c2ccccc2)(c2ccccc2)C1=O. The average molecular weight is 418 g/mol. The van der Waals surface area contributed by atoms with Crippen LogP contribution in [0.2, 0.25) is 0 Å². The molecule has 3 amide bonds. The Kier molecular flexibility index (Phi) is 5.79. The third-order valence-corrected chi connectivity index (χ3v) is 6.07. The Labute approximate surface area is 180 Å². The molecular formula is C24H23N3O2S. The Morgan fingerprint density at radius 1 is 0.967 bits per heavy atom. The number of amides is 3. The zero-order valence-electron chi connectivity index (χ0n) is 16.5. The van der Waals surface area contributed by atoms with Crippen LogP contribution < -0.4 is 5.32 Å². The monoisotopic (exact) mass is 417 g/mol. The van der Waals surface area contributed by atoms with Crippen molar-refractivity contribution in [2.45, 2.75) is 12.1 Å². The summed E-state index contributed by atoms with van der Waals surface area (Å²) < 4.78 is 0. The van der Waals surface area contributed by atoms with E-state index in [4.69, 9.17) is 0 Å². The van der Waals surface area contributed by atoms with Crippen LogP contribution in [0.25, 0.3) is 0 Å². The van der Waals surface area contributed by atoms with Crippen LogP contribution in [-0.2, 0) is 16.9 Å². The highest BCUT2D eigenvalue weighted by molar-refractivity contribution is 7.09. The average Bonchev–Trinajstić information content (AvgIpc) is 3.37. The van der Waals surface area contributed by atoms with Gasteiger partial charge in [0.15, 0.2) is 5.54 Å². The molecular weight excluding hydrogens is 394 g/mol. The predicted octanol–water partition coefficient (Wildman–Crippen LogP) is 4.19. The molecule has 30 heavy (non-hydrogen) atoms. The van der Waals surface area contributed by atoms with Crippen molar-refractivity contribution in [3.8, 4) is 0 Å². The molecule has 0 spiro atoms. The number of hydrogen-bond donors (Lipinski definition) is 1. The van der Waals surface area contributed by atoms with Gasteiger partial charge in [-0.05, 0) is 22.6 Å². The molecule has 0 unspecified atom stereocenters. The highest BCUT2D eigenvalue weighted by atomic mass is 32.1. The first-order valence-electron chi connectivity index (χ1n) is 9.76. The lowest BCUT2D eigenvalue weighted by molar-refractivity contribution is -0.131. The van der Waals surface area contributed by atoms with Crippen LogP contribution in [0, 0.1) is 0 Å². The number of nitrogens with one attached hydrogen (secondary N) is 1. The minimum Gasteiger partial charge on any atom is -0.315 e. The van der Waals surface area contributed by atoms with E-state index >= 15 is 0 Å². The van der Waals surface area contributed by atoms with Crippen molar-refractivity contribution in [2.75, 3.05) is 13.2 Å². The number of imide groups is 1. The quantitative estimate of drug-likeness (QED) is 0.442. The van der Waals surface area contributed by atoms with Crippen LogP contribution in [0.4, 0.5) is 4.79 Å². The Hall–Kier alpha value is -3.22. The van der Waals surface area contributed by atoms with E-state index in [9.17, 15) is 9.59 Å². The summed E-state index contributed by atoms with van der Waals surface area (Å²) in [5.41, 5.74) is 0.249. The van der Waals surface area contributed by atoms with Gasteiger partial charge in [-0.3, -0.25) is 9.69 Å². The van der Waals surface area contributed by atoms with E-state index < -0.39 is 11.6 Å². The molecule has 1 fully saturated rings. The molecule has 0 radical (unpaired) electrons. The first-order chi connectivity index (χ1) is 14.6. The molecule has 0 saturated carbocycles. The fraction of sp³-hybridized carbons (Fsp3) is 0.167. The van der Waals surface area contributed by atoms with Crippen LogP contribution in [-0.4, -0.2) is 35.0 Å². The first kappa shape index (κ1) is 20.1. The van der Waals surface area contributed by atoms with E-state index in [1.807, 2.05) is 83.1 Å². The fourth-order valence-electron chi connectivity index (χ4n) is 3.82. The smallest absolute Gasteiger partial charge is 0.315 e. The van der Waals surface area contributed by atoms with Crippen molar-refractivity contribution in [1.29, 1.82) is 0 Å². The second kappa shape index (κ2) is 8.65. The lowest BCUT2D eigenvalue weighted by Gasteiger charge is -2.29. The first-order valence-corrected chi connectivity index (χ1v) is 10.6. The molecule has 0 aliphatic carbocycles. The van der Waals surface area contributed by atoms with Gasteiger partial charge in [0.2, 0.25) is 0 Å². The van der Waals surface area contributed by atoms with Crippen LogP contribution in [0.1, 0.15) is 16.0 Å². The summed E-state index contributed by atoms with van der Waals surface area (Å²) in [6.45, 7) is 5.23. The van der Waals surface area contributed by atoms with Crippen LogP contribution in [0.5, 0.6) is 0 Å². The summed E-state index contributed by atoms with van der Waals surface area (Å²) in [7, 11) is 0. The molecule has 5 nitrogen and oxygen atoms in total. The number of nitrogens with zero attached hydrogens (tertiary/aromatic N) is 2. The van der Waals surface area contributed by atoms with Crippen molar-refractivity contribution in [3.05, 3.63) is 107 Å². The van der Waals surface area contributed by atoms with Gasteiger partial charge in [0.1, 0.15) is 0 Å². The fourth-order valence-corrected chi connectivity index (χ4v) is 4.56. The van der Waals surface area contributed by atoms with Gasteiger partial charge in [-0.1, -0.05) is 72.8 Å². The van der Waals surface area contributed by atoms with Crippen molar-refractivity contribution >= 4 is 23.3 Å². The number of rotatable bonds is 8. The second-order valence-corrected chi connectivity index (χ2v) is 8.20. The van der Waals surface area contributed by atoms with Gasteiger partial charge in [0.05, 0.1) is 6.67 Å². The Balaban J connectivity index is 1.69. The summed E-state index contributed by atoms with van der Waals surface area (Å²) in [6, 6.07) is 22.5. The van der Waals surface area contributed by atoms with Crippen LogP contribution in [0.3, 0.4) is 0 Å². The molecule has 1 aliphatic heterocycles. The maximum absolute atomic E-state index is 13.8. The van der Waals surface area contributed by atoms with E-state index in [2.05, 4.69) is 11.9 Å². The molecule has 6 heteroatoms. The number of carbonyl (C=O) groups excluding carboxylic acids is 2. The predicted molar refractivity (Wildman–Crippen MR) is 119 cm³/mol. The number of thiophene rings is 1. The van der Waals surface area contributed by atoms with Crippen LogP contribution >= 0.6 is 11.3 Å². The van der Waals surface area contributed by atoms with E-state index in [0.29, 0.717) is 13.1 Å². The maximum atomic E-state index is 13.8. The Morgan fingerprint density at radius 2 is 1.60 bits per heavy atom. The van der Waals surface area contributed by atoms with Gasteiger partial charge in [0, 0.05) is 18.0 Å². The van der Waals surface area contributed by atoms with Crippen molar-refractivity contribution < 1.29 is 9.59 Å². The van der Waals surface area contributed by atoms with Gasteiger partial charge >= 0.3 is 6.03 Å². The largest absolute Gasteiger partial charge is 0.326 e. The highest BCUT2D eigenvalue weighted by Gasteiger charge is 2.53. The summed E-state index contributed by atoms with van der Waals surface area (Å²) >= 11 is 1.65. The molecule has 0 atom stereocenters. The van der Waals surface area contributed by atoms with Gasteiger partial charge in [-0.25, -0.2) is 9.69 Å². The van der Waals surface area contributed by atoms with E-state index in [0.717, 1.165) is 11.1 Å². The molecule has 152 valence electrons. The topological polar surface area (TPSA) is 52.6 Å². The highest BCUT2D eigenvalue weighted by Crippen LogP contribution is 2.36. The zero-order chi connectivity index (χ0) is 21.0. The third kappa shape index (κ3) is 3.67. The lowest BCUT2D eigenvalue weighted by atomic mass is 9.83. The molecule has 1 aliphatic rings. The van der Waals surface area contributed by atoms with E-state index in [1.54, 1.807) is 17.4 Å². The molecule has 2 heterocycles. The summed E-state index contributed by atoms with van der Waals surface area (Å²) in [4.78, 5) is 31.3. The summed E-state index contributed by atoms with van der Waals surface area (Å²) in [5.74, 6) is -0.273. The number of carbonyl (C=O) groups is 2. The minimum absolute atomic E-state index is 0.190. The van der Waals surface area contributed by atoms with E-state index in [-0.39, 0.29) is 12.6 Å². The van der Waals surface area contributed by atoms with Gasteiger partial charge < -0.3 is 5.32 Å². The molecule has 1 aromatic heterocycles. The normalized spacial score (nSPS) is 15.4. The molecule has 4 rings (SSSR count). The summed E-state index contributed by atoms with van der Waals surface area (Å²) in [6.07, 6.45) is 1.79. The van der Waals surface area contributed by atoms with Crippen LogP contribution in [0.15, 0.2) is 90.8 Å². The van der Waals surface area contributed by atoms with E-state index in [1.165, 1.54) is 9.78 Å². The number of benzene rings is 2. The Bertz CT molecular complexity index is 980. The third-order valence-electron chi connectivity index (χ3n) is 5.21. The standard InChI is InChI=1S/C24H23N3O2S/c1-2-15-26(17-21-14-9-16-30-21)18-27-22(28)24(25-23(27)29,19-10-5-3-6-11-19)20-12-7-4-8-13-20/h2-14,16H,1,15,17-18H2,(H,25,29). The second-order valence-electron chi connectivity index (χ2n) is 7.17. The zero-order valence-corrected chi connectivity index (χ0v) is 17.3. The molecule has 1 N–H and O–H groups in total. The molecule has 2 aromatic carbocycles. The van der Waals surface area contributed by atoms with Crippen molar-refractivity contribution in [2.24, 2.45) is 0 Å². The van der Waals surface area contributed by atoms with Gasteiger partial charge in [0.25, 0.3) is 5.91 Å². The lowest BCUT2D eigenvalue weighted by Crippen LogP contribution is -2.46. The minimum atomic E-state index is -1.23. The van der Waals surface area contributed by atoms with Gasteiger partial charge in [-0.2, -0.15) is 0 Å². The molecule has 1 saturated heterocycles. The number of hydrogen-bond acceptors (Lipinski definition) is 4. The Morgan fingerprint density at radius 3 is 2.13 bits per heavy atom. The summed E-state index contributed by atoms with van der Waals surface area (Å²) in [5, 5.41) is 5.01. The van der Waals surface area contributed by atoms with Gasteiger partial charge in [-0.15, -0.1) is 17.9 Å². The maximum Gasteiger partial charge on any atom is 0.326 e. The molecule has 0 bridgehead atoms. The van der Waals surface area contributed by atoms with Crippen molar-refractivity contribution in [1.82, 2.24) is 15.1 Å². The van der Waals surface area contributed by atoms with Crippen molar-refractivity contribution in [3.63, 3.8) is 0 Å².